The summed E-state index contributed by atoms with van der Waals surface area (Å²) in [6.45, 7) is 5.72. The molecule has 0 heterocycles. The normalized spacial score (nSPS) is 10.7. The second-order valence-electron chi connectivity index (χ2n) is 5.42. The van der Waals surface area contributed by atoms with Gasteiger partial charge in [0.25, 0.3) is 11.6 Å². The molecule has 2 aromatic rings. The summed E-state index contributed by atoms with van der Waals surface area (Å²) in [5, 5.41) is 24.5. The first-order valence-electron chi connectivity index (χ1n) is 8.12. The van der Waals surface area contributed by atoms with Crippen molar-refractivity contribution in [2.24, 2.45) is 5.10 Å². The molecule has 0 saturated heterocycles. The predicted molar refractivity (Wildman–Crippen MR) is 99.8 cm³/mol. The lowest BCUT2D eigenvalue weighted by atomic mass is 10.2. The van der Waals surface area contributed by atoms with Gasteiger partial charge in [0.15, 0.2) is 0 Å². The number of carbonyl (C=O) groups is 1. The quantitative estimate of drug-likeness (QED) is 0.450. The van der Waals surface area contributed by atoms with Crippen molar-refractivity contribution in [2.45, 2.75) is 13.8 Å². The second kappa shape index (κ2) is 8.61. The van der Waals surface area contributed by atoms with Crippen LogP contribution < -0.4 is 10.3 Å². The molecular formula is C18H20N4O4. The average molecular weight is 356 g/mol. The van der Waals surface area contributed by atoms with Crippen molar-refractivity contribution in [1.82, 2.24) is 5.43 Å². The van der Waals surface area contributed by atoms with E-state index in [0.717, 1.165) is 18.8 Å². The molecule has 0 aliphatic heterocycles. The van der Waals surface area contributed by atoms with Crippen LogP contribution >= 0.6 is 0 Å². The first kappa shape index (κ1) is 18.9. The molecule has 1 amide bonds. The van der Waals surface area contributed by atoms with Crippen LogP contribution in [0.4, 0.5) is 11.4 Å². The molecule has 0 aliphatic carbocycles. The molecule has 0 aromatic heterocycles. The van der Waals surface area contributed by atoms with Crippen molar-refractivity contribution in [3.05, 3.63) is 63.7 Å². The summed E-state index contributed by atoms with van der Waals surface area (Å²) in [5.74, 6) is -0.446. The summed E-state index contributed by atoms with van der Waals surface area (Å²) in [6.07, 6.45) is 1.34. The number of hydrogen-bond donors (Lipinski definition) is 2. The zero-order valence-corrected chi connectivity index (χ0v) is 14.5. The lowest BCUT2D eigenvalue weighted by Crippen LogP contribution is -2.21. The fourth-order valence-corrected chi connectivity index (χ4v) is 2.39. The third-order valence-corrected chi connectivity index (χ3v) is 3.85. The SMILES string of the molecule is CCN(CC)c1ccc(/C=N/NC(=O)c2ccc([N+](=O)[O-])cc2)c(O)c1. The number of anilines is 1. The second-order valence-corrected chi connectivity index (χ2v) is 5.42. The van der Waals surface area contributed by atoms with E-state index >= 15 is 0 Å². The lowest BCUT2D eigenvalue weighted by molar-refractivity contribution is -0.384. The number of nitrogens with zero attached hydrogens (tertiary/aromatic N) is 3. The third kappa shape index (κ3) is 4.56. The fourth-order valence-electron chi connectivity index (χ4n) is 2.39. The van der Waals surface area contributed by atoms with Crippen LogP contribution in [-0.4, -0.2) is 35.2 Å². The van der Waals surface area contributed by atoms with Gasteiger partial charge >= 0.3 is 0 Å². The van der Waals surface area contributed by atoms with Gasteiger partial charge in [-0.1, -0.05) is 0 Å². The molecule has 136 valence electrons. The molecule has 8 heteroatoms. The van der Waals surface area contributed by atoms with E-state index in [4.69, 9.17) is 0 Å². The molecule has 0 atom stereocenters. The Morgan fingerprint density at radius 1 is 1.23 bits per heavy atom. The number of aromatic hydroxyl groups is 1. The van der Waals surface area contributed by atoms with Crippen molar-refractivity contribution >= 4 is 23.5 Å². The highest BCUT2D eigenvalue weighted by molar-refractivity contribution is 5.95. The van der Waals surface area contributed by atoms with E-state index in [1.807, 2.05) is 19.9 Å². The van der Waals surface area contributed by atoms with E-state index in [1.165, 1.54) is 30.5 Å². The van der Waals surface area contributed by atoms with Gasteiger partial charge in [0, 0.05) is 48.1 Å². The zero-order chi connectivity index (χ0) is 19.1. The van der Waals surface area contributed by atoms with Gasteiger partial charge in [-0.2, -0.15) is 5.10 Å². The molecule has 2 N–H and O–H groups in total. The number of phenols is 1. The van der Waals surface area contributed by atoms with Crippen LogP contribution in [0.3, 0.4) is 0 Å². The molecule has 0 bridgehead atoms. The summed E-state index contributed by atoms with van der Waals surface area (Å²) in [5.41, 5.74) is 3.84. The van der Waals surface area contributed by atoms with E-state index in [0.29, 0.717) is 5.56 Å². The molecule has 0 fully saturated rings. The minimum absolute atomic E-state index is 0.0581. The first-order valence-corrected chi connectivity index (χ1v) is 8.12. The number of hydrogen-bond acceptors (Lipinski definition) is 6. The number of rotatable bonds is 7. The highest BCUT2D eigenvalue weighted by Gasteiger charge is 2.09. The maximum atomic E-state index is 12.0. The number of phenolic OH excluding ortho intramolecular Hbond substituents is 1. The van der Waals surface area contributed by atoms with Crippen LogP contribution in [0.2, 0.25) is 0 Å². The molecule has 0 spiro atoms. The van der Waals surface area contributed by atoms with Crippen molar-refractivity contribution in [2.75, 3.05) is 18.0 Å². The average Bonchev–Trinajstić information content (AvgIpc) is 2.64. The maximum Gasteiger partial charge on any atom is 0.271 e. The number of nitro groups is 1. The Kier molecular flexibility index (Phi) is 6.26. The van der Waals surface area contributed by atoms with E-state index in [-0.39, 0.29) is 17.0 Å². The summed E-state index contributed by atoms with van der Waals surface area (Å²) >= 11 is 0. The van der Waals surface area contributed by atoms with E-state index in [9.17, 15) is 20.0 Å². The van der Waals surface area contributed by atoms with Crippen molar-refractivity contribution in [3.8, 4) is 5.75 Å². The number of nitrogens with one attached hydrogen (secondary N) is 1. The molecular weight excluding hydrogens is 336 g/mol. The Hall–Kier alpha value is -3.42. The predicted octanol–water partition coefficient (Wildman–Crippen LogP) is 2.91. The molecule has 2 rings (SSSR count). The van der Waals surface area contributed by atoms with Crippen molar-refractivity contribution < 1.29 is 14.8 Å². The Balaban J connectivity index is 2.03. The van der Waals surface area contributed by atoms with Crippen LogP contribution in [-0.2, 0) is 0 Å². The summed E-state index contributed by atoms with van der Waals surface area (Å²) in [7, 11) is 0. The van der Waals surface area contributed by atoms with Gasteiger partial charge < -0.3 is 10.0 Å². The molecule has 26 heavy (non-hydrogen) atoms. The maximum absolute atomic E-state index is 12.0. The summed E-state index contributed by atoms with van der Waals surface area (Å²) in [4.78, 5) is 24.1. The largest absolute Gasteiger partial charge is 0.507 e. The van der Waals surface area contributed by atoms with Gasteiger partial charge in [-0.05, 0) is 38.1 Å². The Labute approximate surface area is 150 Å². The van der Waals surface area contributed by atoms with E-state index < -0.39 is 10.8 Å². The topological polar surface area (TPSA) is 108 Å². The molecule has 0 saturated carbocycles. The van der Waals surface area contributed by atoms with Crippen LogP contribution in [0.5, 0.6) is 5.75 Å². The van der Waals surface area contributed by atoms with Gasteiger partial charge in [-0.3, -0.25) is 14.9 Å². The summed E-state index contributed by atoms with van der Waals surface area (Å²) in [6, 6.07) is 10.4. The number of hydrazone groups is 1. The van der Waals surface area contributed by atoms with Crippen LogP contribution in [0.25, 0.3) is 0 Å². The molecule has 0 aliphatic rings. The standard InChI is InChI=1S/C18H20N4O4/c1-3-21(4-2)16-10-7-14(17(23)11-16)12-19-20-18(24)13-5-8-15(9-6-13)22(25)26/h5-12,23H,3-4H2,1-2H3,(H,20,24)/b19-12+. The molecule has 0 unspecified atom stereocenters. The highest BCUT2D eigenvalue weighted by atomic mass is 16.6. The third-order valence-electron chi connectivity index (χ3n) is 3.85. The lowest BCUT2D eigenvalue weighted by Gasteiger charge is -2.21. The zero-order valence-electron chi connectivity index (χ0n) is 14.5. The van der Waals surface area contributed by atoms with Crippen LogP contribution in [0.15, 0.2) is 47.6 Å². The van der Waals surface area contributed by atoms with Gasteiger partial charge in [0.05, 0.1) is 11.1 Å². The van der Waals surface area contributed by atoms with Gasteiger partial charge in [-0.25, -0.2) is 5.43 Å². The Bertz CT molecular complexity index is 814. The Morgan fingerprint density at radius 3 is 2.42 bits per heavy atom. The van der Waals surface area contributed by atoms with Crippen molar-refractivity contribution in [1.29, 1.82) is 0 Å². The van der Waals surface area contributed by atoms with E-state index in [1.54, 1.807) is 12.1 Å². The fraction of sp³-hybridized carbons (Fsp3) is 0.222. The minimum atomic E-state index is -0.537. The monoisotopic (exact) mass is 356 g/mol. The smallest absolute Gasteiger partial charge is 0.271 e. The van der Waals surface area contributed by atoms with Gasteiger partial charge in [-0.15, -0.1) is 0 Å². The Morgan fingerprint density at radius 2 is 1.88 bits per heavy atom. The van der Waals surface area contributed by atoms with E-state index in [2.05, 4.69) is 15.4 Å². The number of amides is 1. The first-order chi connectivity index (χ1) is 12.5. The minimum Gasteiger partial charge on any atom is -0.507 e. The molecule has 2 aromatic carbocycles. The summed E-state index contributed by atoms with van der Waals surface area (Å²) < 4.78 is 0. The molecule has 8 nitrogen and oxygen atoms in total. The molecule has 0 radical (unpaired) electrons. The van der Waals surface area contributed by atoms with Gasteiger partial charge in [0.1, 0.15) is 5.75 Å². The van der Waals surface area contributed by atoms with Crippen LogP contribution in [0.1, 0.15) is 29.8 Å². The number of benzene rings is 2. The van der Waals surface area contributed by atoms with Crippen LogP contribution in [0, 0.1) is 10.1 Å². The number of carbonyl (C=O) groups excluding carboxylic acids is 1. The highest BCUT2D eigenvalue weighted by Crippen LogP contribution is 2.23. The van der Waals surface area contributed by atoms with Crippen molar-refractivity contribution in [3.63, 3.8) is 0 Å². The van der Waals surface area contributed by atoms with Gasteiger partial charge in [0.2, 0.25) is 0 Å². The number of non-ortho nitro benzene ring substituents is 1. The number of nitro benzene ring substituents is 1.